The fourth-order valence-corrected chi connectivity index (χ4v) is 3.27. The van der Waals surface area contributed by atoms with Crippen LogP contribution in [0.2, 0.25) is 0 Å². The standard InChI is InChI=1S/C18H15N5OS/c19-13-9-17(12-10-20-6-3-11(12)4-7-24)21-16-2-1-14(22-18(13)16)15-5-8-25-23-15/h1-3,5-6,8-10,24H,4,7H2,(H2,19,21). The van der Waals surface area contributed by atoms with E-state index in [1.807, 2.05) is 29.6 Å². The fraction of sp³-hybridized carbons (Fsp3) is 0.111. The summed E-state index contributed by atoms with van der Waals surface area (Å²) < 4.78 is 4.31. The summed E-state index contributed by atoms with van der Waals surface area (Å²) in [5, 5.41) is 11.2. The van der Waals surface area contributed by atoms with Gasteiger partial charge in [-0.1, -0.05) is 0 Å². The molecule has 4 aromatic rings. The number of aliphatic hydroxyl groups excluding tert-OH is 1. The number of fused-ring (bicyclic) bond motifs is 1. The lowest BCUT2D eigenvalue weighted by molar-refractivity contribution is 0.300. The van der Waals surface area contributed by atoms with Crippen LogP contribution in [-0.4, -0.2) is 31.0 Å². The molecule has 4 rings (SSSR count). The quantitative estimate of drug-likeness (QED) is 0.588. The minimum Gasteiger partial charge on any atom is -0.397 e. The molecule has 0 aliphatic rings. The van der Waals surface area contributed by atoms with E-state index in [0.29, 0.717) is 23.1 Å². The van der Waals surface area contributed by atoms with E-state index in [1.165, 1.54) is 11.5 Å². The first-order chi connectivity index (χ1) is 12.3. The highest BCUT2D eigenvalue weighted by Gasteiger charge is 2.12. The number of pyridine rings is 3. The van der Waals surface area contributed by atoms with E-state index in [0.717, 1.165) is 28.2 Å². The summed E-state index contributed by atoms with van der Waals surface area (Å²) in [7, 11) is 0. The Kier molecular flexibility index (Phi) is 4.09. The summed E-state index contributed by atoms with van der Waals surface area (Å²) >= 11 is 1.39. The number of nitrogens with zero attached hydrogens (tertiary/aromatic N) is 4. The highest BCUT2D eigenvalue weighted by molar-refractivity contribution is 7.03. The lowest BCUT2D eigenvalue weighted by Crippen LogP contribution is -1.99. The molecule has 25 heavy (non-hydrogen) atoms. The van der Waals surface area contributed by atoms with Gasteiger partial charge in [-0.25, -0.2) is 9.97 Å². The largest absolute Gasteiger partial charge is 0.397 e. The van der Waals surface area contributed by atoms with Gasteiger partial charge >= 0.3 is 0 Å². The maximum absolute atomic E-state index is 9.26. The highest BCUT2D eigenvalue weighted by atomic mass is 32.1. The predicted molar refractivity (Wildman–Crippen MR) is 99.1 cm³/mol. The smallest absolute Gasteiger partial charge is 0.112 e. The lowest BCUT2D eigenvalue weighted by Gasteiger charge is -2.10. The van der Waals surface area contributed by atoms with E-state index >= 15 is 0 Å². The van der Waals surface area contributed by atoms with Crippen molar-refractivity contribution in [2.24, 2.45) is 0 Å². The van der Waals surface area contributed by atoms with Crippen LogP contribution in [0.4, 0.5) is 5.69 Å². The maximum atomic E-state index is 9.26. The van der Waals surface area contributed by atoms with Crippen LogP contribution >= 0.6 is 11.5 Å². The molecule has 3 N–H and O–H groups in total. The van der Waals surface area contributed by atoms with Crippen molar-refractivity contribution in [3.63, 3.8) is 0 Å². The van der Waals surface area contributed by atoms with Gasteiger partial charge in [0.25, 0.3) is 0 Å². The highest BCUT2D eigenvalue weighted by Crippen LogP contribution is 2.29. The molecule has 0 unspecified atom stereocenters. The Balaban J connectivity index is 1.85. The molecule has 124 valence electrons. The first-order valence-electron chi connectivity index (χ1n) is 7.78. The second-order valence-corrected chi connectivity index (χ2v) is 6.22. The van der Waals surface area contributed by atoms with E-state index in [1.54, 1.807) is 18.5 Å². The van der Waals surface area contributed by atoms with Gasteiger partial charge in [-0.2, -0.15) is 4.37 Å². The molecule has 0 fully saturated rings. The van der Waals surface area contributed by atoms with Crippen LogP contribution in [0.5, 0.6) is 0 Å². The van der Waals surface area contributed by atoms with Gasteiger partial charge in [0.15, 0.2) is 0 Å². The van der Waals surface area contributed by atoms with Gasteiger partial charge in [0.2, 0.25) is 0 Å². The van der Waals surface area contributed by atoms with Crippen molar-refractivity contribution in [2.75, 3.05) is 12.3 Å². The number of aromatic nitrogens is 4. The van der Waals surface area contributed by atoms with Crippen LogP contribution in [0.15, 0.2) is 48.1 Å². The van der Waals surface area contributed by atoms with E-state index in [-0.39, 0.29) is 6.61 Å². The van der Waals surface area contributed by atoms with Gasteiger partial charge in [0, 0.05) is 29.9 Å². The monoisotopic (exact) mass is 349 g/mol. The van der Waals surface area contributed by atoms with Gasteiger partial charge in [-0.3, -0.25) is 4.98 Å². The molecule has 0 aliphatic carbocycles. The lowest BCUT2D eigenvalue weighted by atomic mass is 10.0. The molecule has 0 amide bonds. The molecule has 6 nitrogen and oxygen atoms in total. The second-order valence-electron chi connectivity index (χ2n) is 5.55. The summed E-state index contributed by atoms with van der Waals surface area (Å²) in [6, 6.07) is 9.41. The molecule has 0 atom stereocenters. The van der Waals surface area contributed by atoms with Gasteiger partial charge in [-0.15, -0.1) is 0 Å². The number of nitrogens with two attached hydrogens (primary N) is 1. The summed E-state index contributed by atoms with van der Waals surface area (Å²) in [5.41, 5.74) is 12.4. The third-order valence-corrected chi connectivity index (χ3v) is 4.51. The molecule has 0 aromatic carbocycles. The molecule has 7 heteroatoms. The van der Waals surface area contributed by atoms with Gasteiger partial charge in [0.1, 0.15) is 11.2 Å². The van der Waals surface area contributed by atoms with Crippen LogP contribution < -0.4 is 5.73 Å². The molecule has 0 spiro atoms. The number of aliphatic hydroxyl groups is 1. The third-order valence-electron chi connectivity index (χ3n) is 3.95. The topological polar surface area (TPSA) is 97.8 Å². The first-order valence-corrected chi connectivity index (χ1v) is 8.62. The van der Waals surface area contributed by atoms with Gasteiger partial charge in [-0.05, 0) is 53.8 Å². The van der Waals surface area contributed by atoms with Gasteiger partial charge in [0.05, 0.1) is 22.6 Å². The molecule has 0 saturated carbocycles. The Bertz CT molecular complexity index is 1030. The normalized spacial score (nSPS) is 11.1. The predicted octanol–water partition coefficient (Wildman–Crippen LogP) is 2.93. The molecular weight excluding hydrogens is 334 g/mol. The fourth-order valence-electron chi connectivity index (χ4n) is 2.75. The molecule has 0 bridgehead atoms. The van der Waals surface area contributed by atoms with Crippen LogP contribution in [0, 0.1) is 0 Å². The number of hydrogen-bond donors (Lipinski definition) is 2. The van der Waals surface area contributed by atoms with Crippen molar-refractivity contribution in [3.8, 4) is 22.6 Å². The summed E-state index contributed by atoms with van der Waals surface area (Å²) in [5.74, 6) is 0. The molecule has 4 heterocycles. The Labute approximate surface area is 148 Å². The Morgan fingerprint density at radius 2 is 1.96 bits per heavy atom. The Hall–Kier alpha value is -2.90. The van der Waals surface area contributed by atoms with Crippen molar-refractivity contribution in [2.45, 2.75) is 6.42 Å². The average molecular weight is 349 g/mol. The van der Waals surface area contributed by atoms with Gasteiger partial charge < -0.3 is 10.8 Å². The van der Waals surface area contributed by atoms with E-state index < -0.39 is 0 Å². The number of hydrogen-bond acceptors (Lipinski definition) is 7. The number of nitrogen functional groups attached to an aromatic ring is 1. The molecule has 0 saturated heterocycles. The Morgan fingerprint density at radius 1 is 1.04 bits per heavy atom. The van der Waals surface area contributed by atoms with Crippen molar-refractivity contribution in [1.29, 1.82) is 0 Å². The number of anilines is 1. The van der Waals surface area contributed by atoms with E-state index in [4.69, 9.17) is 5.73 Å². The molecule has 4 aromatic heterocycles. The van der Waals surface area contributed by atoms with Crippen molar-refractivity contribution >= 4 is 28.3 Å². The minimum absolute atomic E-state index is 0.0681. The average Bonchev–Trinajstić information content (AvgIpc) is 3.17. The Morgan fingerprint density at radius 3 is 2.76 bits per heavy atom. The summed E-state index contributed by atoms with van der Waals surface area (Å²) in [6.45, 7) is 0.0681. The van der Waals surface area contributed by atoms with Crippen molar-refractivity contribution < 1.29 is 5.11 Å². The van der Waals surface area contributed by atoms with E-state index in [2.05, 4.69) is 19.3 Å². The van der Waals surface area contributed by atoms with E-state index in [9.17, 15) is 5.11 Å². The van der Waals surface area contributed by atoms with Crippen molar-refractivity contribution in [1.82, 2.24) is 19.3 Å². The first kappa shape index (κ1) is 15.6. The molecule has 0 radical (unpaired) electrons. The second kappa shape index (κ2) is 6.54. The van der Waals surface area contributed by atoms with Crippen LogP contribution in [-0.2, 0) is 6.42 Å². The van der Waals surface area contributed by atoms with Crippen molar-refractivity contribution in [3.05, 3.63) is 53.7 Å². The zero-order valence-corrected chi connectivity index (χ0v) is 14.1. The zero-order valence-electron chi connectivity index (χ0n) is 13.3. The summed E-state index contributed by atoms with van der Waals surface area (Å²) in [4.78, 5) is 13.5. The van der Waals surface area contributed by atoms with Crippen LogP contribution in [0.3, 0.4) is 0 Å². The SMILES string of the molecule is Nc1cc(-c2cnccc2CCO)nc2ccc(-c3ccsn3)nc12. The van der Waals surface area contributed by atoms with Crippen LogP contribution in [0.25, 0.3) is 33.7 Å². The number of rotatable bonds is 4. The zero-order chi connectivity index (χ0) is 17.2. The maximum Gasteiger partial charge on any atom is 0.112 e. The van der Waals surface area contributed by atoms with Crippen LogP contribution in [0.1, 0.15) is 5.56 Å². The minimum atomic E-state index is 0.0681. The molecular formula is C18H15N5OS. The third kappa shape index (κ3) is 2.95. The summed E-state index contributed by atoms with van der Waals surface area (Å²) in [6.07, 6.45) is 3.99. The molecule has 0 aliphatic heterocycles.